The van der Waals surface area contributed by atoms with Crippen molar-refractivity contribution in [1.29, 1.82) is 5.26 Å². The molecule has 0 bridgehead atoms. The molecule has 0 aromatic heterocycles. The lowest BCUT2D eigenvalue weighted by Crippen LogP contribution is -2.41. The maximum atomic E-state index is 9.07. The van der Waals surface area contributed by atoms with Crippen LogP contribution in [0.2, 0.25) is 0 Å². The van der Waals surface area contributed by atoms with E-state index in [4.69, 9.17) is 5.26 Å². The molecule has 0 radical (unpaired) electrons. The molecule has 0 aromatic carbocycles. The summed E-state index contributed by atoms with van der Waals surface area (Å²) in [5, 5.41) is 12.2. The van der Waals surface area contributed by atoms with Gasteiger partial charge in [-0.1, -0.05) is 13.8 Å². The summed E-state index contributed by atoms with van der Waals surface area (Å²) in [5.74, 6) is 1.64. The number of hydrogen-bond donors (Lipinski definition) is 1. The summed E-state index contributed by atoms with van der Waals surface area (Å²) in [4.78, 5) is 2.50. The Morgan fingerprint density at radius 3 is 2.69 bits per heavy atom. The van der Waals surface area contributed by atoms with Crippen LogP contribution in [0.25, 0.3) is 0 Å². The lowest BCUT2D eigenvalue weighted by Gasteiger charge is -2.24. The minimum atomic E-state index is -0.365. The topological polar surface area (TPSA) is 39.1 Å². The van der Waals surface area contributed by atoms with Crippen LogP contribution in [-0.4, -0.2) is 37.1 Å². The van der Waals surface area contributed by atoms with E-state index in [0.717, 1.165) is 24.8 Å². The standard InChI is InChI=1S/C13H25N3/c1-11(2)12-5-7-16(9-12)8-6-13(3,10-14)15-4/h11-12,15H,5-9H2,1-4H3. The third-order valence-corrected chi connectivity index (χ3v) is 3.98. The Labute approximate surface area is 99.8 Å². The minimum Gasteiger partial charge on any atom is -0.303 e. The Morgan fingerprint density at radius 1 is 1.56 bits per heavy atom. The molecule has 3 nitrogen and oxygen atoms in total. The van der Waals surface area contributed by atoms with Crippen LogP contribution in [0.15, 0.2) is 0 Å². The number of rotatable bonds is 5. The van der Waals surface area contributed by atoms with E-state index in [1.807, 2.05) is 14.0 Å². The highest BCUT2D eigenvalue weighted by atomic mass is 15.1. The molecule has 2 atom stereocenters. The summed E-state index contributed by atoms with van der Waals surface area (Å²) in [6.45, 7) is 10.0. The van der Waals surface area contributed by atoms with Crippen LogP contribution in [-0.2, 0) is 0 Å². The predicted molar refractivity (Wildman–Crippen MR) is 67.1 cm³/mol. The summed E-state index contributed by atoms with van der Waals surface area (Å²) in [6.07, 6.45) is 2.23. The molecule has 1 rings (SSSR count). The van der Waals surface area contributed by atoms with Crippen molar-refractivity contribution in [2.45, 2.75) is 39.2 Å². The van der Waals surface area contributed by atoms with Crippen LogP contribution in [0.5, 0.6) is 0 Å². The van der Waals surface area contributed by atoms with Gasteiger partial charge in [0.2, 0.25) is 0 Å². The van der Waals surface area contributed by atoms with Gasteiger partial charge in [0.15, 0.2) is 0 Å². The molecule has 1 aliphatic heterocycles. The van der Waals surface area contributed by atoms with E-state index in [9.17, 15) is 0 Å². The van der Waals surface area contributed by atoms with E-state index in [2.05, 4.69) is 30.1 Å². The SMILES string of the molecule is CNC(C)(C#N)CCN1CCC(C(C)C)C1. The fourth-order valence-electron chi connectivity index (χ4n) is 2.23. The van der Waals surface area contributed by atoms with Crippen molar-refractivity contribution in [2.75, 3.05) is 26.7 Å². The van der Waals surface area contributed by atoms with Gasteiger partial charge in [-0.05, 0) is 45.2 Å². The van der Waals surface area contributed by atoms with Gasteiger partial charge in [-0.15, -0.1) is 0 Å². The van der Waals surface area contributed by atoms with E-state index in [1.165, 1.54) is 19.5 Å². The van der Waals surface area contributed by atoms with Crippen molar-refractivity contribution in [3.8, 4) is 6.07 Å². The Kier molecular flexibility index (Phi) is 4.76. The fraction of sp³-hybridized carbons (Fsp3) is 0.923. The maximum absolute atomic E-state index is 9.07. The second-order valence-electron chi connectivity index (χ2n) is 5.54. The van der Waals surface area contributed by atoms with E-state index in [-0.39, 0.29) is 5.54 Å². The van der Waals surface area contributed by atoms with Gasteiger partial charge in [-0.2, -0.15) is 5.26 Å². The molecule has 0 saturated carbocycles. The second kappa shape index (κ2) is 5.65. The van der Waals surface area contributed by atoms with Gasteiger partial charge in [-0.25, -0.2) is 0 Å². The van der Waals surface area contributed by atoms with Crippen LogP contribution < -0.4 is 5.32 Å². The van der Waals surface area contributed by atoms with Crippen molar-refractivity contribution in [3.63, 3.8) is 0 Å². The zero-order chi connectivity index (χ0) is 12.2. The van der Waals surface area contributed by atoms with Crippen LogP contribution >= 0.6 is 0 Å². The highest BCUT2D eigenvalue weighted by molar-refractivity contribution is 5.03. The molecule has 0 aromatic rings. The monoisotopic (exact) mass is 223 g/mol. The first-order chi connectivity index (χ1) is 7.50. The van der Waals surface area contributed by atoms with E-state index in [0.29, 0.717) is 0 Å². The first-order valence-electron chi connectivity index (χ1n) is 6.33. The average Bonchev–Trinajstić information content (AvgIpc) is 2.75. The van der Waals surface area contributed by atoms with Crippen molar-refractivity contribution in [1.82, 2.24) is 10.2 Å². The van der Waals surface area contributed by atoms with Crippen molar-refractivity contribution in [2.24, 2.45) is 11.8 Å². The highest BCUT2D eigenvalue weighted by Crippen LogP contribution is 2.24. The highest BCUT2D eigenvalue weighted by Gasteiger charge is 2.27. The molecule has 0 spiro atoms. The number of likely N-dealkylation sites (tertiary alicyclic amines) is 1. The molecule has 1 saturated heterocycles. The molecule has 2 unspecified atom stereocenters. The van der Waals surface area contributed by atoms with E-state index in [1.54, 1.807) is 0 Å². The largest absolute Gasteiger partial charge is 0.303 e. The zero-order valence-electron chi connectivity index (χ0n) is 11.1. The van der Waals surface area contributed by atoms with Gasteiger partial charge in [0.1, 0.15) is 5.54 Å². The maximum Gasteiger partial charge on any atom is 0.104 e. The predicted octanol–water partition coefficient (Wildman–Crippen LogP) is 1.86. The summed E-state index contributed by atoms with van der Waals surface area (Å²) in [6, 6.07) is 2.35. The summed E-state index contributed by atoms with van der Waals surface area (Å²) >= 11 is 0. The Hall–Kier alpha value is -0.590. The van der Waals surface area contributed by atoms with Crippen LogP contribution in [0.3, 0.4) is 0 Å². The van der Waals surface area contributed by atoms with E-state index < -0.39 is 0 Å². The number of nitrogens with zero attached hydrogens (tertiary/aromatic N) is 2. The van der Waals surface area contributed by atoms with Gasteiger partial charge in [0, 0.05) is 13.1 Å². The first kappa shape index (κ1) is 13.5. The molecule has 0 aliphatic carbocycles. The van der Waals surface area contributed by atoms with Crippen LogP contribution in [0, 0.1) is 23.2 Å². The first-order valence-corrected chi connectivity index (χ1v) is 6.33. The second-order valence-corrected chi connectivity index (χ2v) is 5.54. The summed E-state index contributed by atoms with van der Waals surface area (Å²) in [7, 11) is 1.87. The Bertz CT molecular complexity index is 256. The van der Waals surface area contributed by atoms with Crippen molar-refractivity contribution >= 4 is 0 Å². The number of nitrogens with one attached hydrogen (secondary N) is 1. The fourth-order valence-corrected chi connectivity index (χ4v) is 2.23. The van der Waals surface area contributed by atoms with Crippen molar-refractivity contribution in [3.05, 3.63) is 0 Å². The lowest BCUT2D eigenvalue weighted by atomic mass is 9.95. The molecule has 1 heterocycles. The van der Waals surface area contributed by atoms with Gasteiger partial charge in [0.25, 0.3) is 0 Å². The average molecular weight is 223 g/mol. The van der Waals surface area contributed by atoms with Gasteiger partial charge in [0.05, 0.1) is 6.07 Å². The number of nitriles is 1. The van der Waals surface area contributed by atoms with Crippen LogP contribution in [0.4, 0.5) is 0 Å². The molecule has 1 fully saturated rings. The minimum absolute atomic E-state index is 0.365. The zero-order valence-corrected chi connectivity index (χ0v) is 11.1. The molecule has 1 aliphatic rings. The van der Waals surface area contributed by atoms with Gasteiger partial charge >= 0.3 is 0 Å². The summed E-state index contributed by atoms with van der Waals surface area (Å²) in [5.41, 5.74) is -0.365. The molecule has 0 amide bonds. The third kappa shape index (κ3) is 3.47. The molecule has 92 valence electrons. The quantitative estimate of drug-likeness (QED) is 0.773. The third-order valence-electron chi connectivity index (χ3n) is 3.98. The summed E-state index contributed by atoms with van der Waals surface area (Å²) < 4.78 is 0. The molecular weight excluding hydrogens is 198 g/mol. The normalized spacial score (nSPS) is 25.6. The Balaban J connectivity index is 2.33. The molecule has 1 N–H and O–H groups in total. The number of hydrogen-bond acceptors (Lipinski definition) is 3. The van der Waals surface area contributed by atoms with Crippen LogP contribution in [0.1, 0.15) is 33.6 Å². The molecule has 16 heavy (non-hydrogen) atoms. The smallest absolute Gasteiger partial charge is 0.104 e. The van der Waals surface area contributed by atoms with Gasteiger partial charge < -0.3 is 10.2 Å². The van der Waals surface area contributed by atoms with Crippen molar-refractivity contribution < 1.29 is 0 Å². The lowest BCUT2D eigenvalue weighted by molar-refractivity contribution is 0.274. The Morgan fingerprint density at radius 2 is 2.25 bits per heavy atom. The van der Waals surface area contributed by atoms with Gasteiger partial charge in [-0.3, -0.25) is 0 Å². The molecule has 3 heteroatoms. The molecular formula is C13H25N3. The van der Waals surface area contributed by atoms with E-state index >= 15 is 0 Å².